The number of phenolic OH excluding ortho intramolecular Hbond substituents is 1. The Morgan fingerprint density at radius 3 is 1.72 bits per heavy atom. The molecule has 7 aromatic carbocycles. The minimum absolute atomic E-state index is 0.0654. The topological polar surface area (TPSA) is 50.9 Å². The molecule has 402 valence electrons. The van der Waals surface area contributed by atoms with Crippen LogP contribution in [0.1, 0.15) is 175 Å². The highest BCUT2D eigenvalue weighted by atomic mass is 16.3. The maximum Gasteiger partial charge on any atom is 0.149 e. The molecule has 0 unspecified atom stereocenters. The van der Waals surface area contributed by atoms with Gasteiger partial charge < -0.3 is 5.11 Å². The van der Waals surface area contributed by atoms with Crippen molar-refractivity contribution in [1.82, 2.24) is 14.5 Å². The van der Waals surface area contributed by atoms with Crippen molar-refractivity contribution in [3.63, 3.8) is 0 Å². The number of hydrogen-bond donors (Lipinski definition) is 1. The van der Waals surface area contributed by atoms with Crippen LogP contribution in [0.2, 0.25) is 0 Å². The molecule has 0 amide bonds. The van der Waals surface area contributed by atoms with Gasteiger partial charge >= 0.3 is 0 Å². The summed E-state index contributed by atoms with van der Waals surface area (Å²) in [7, 11) is 0. The Morgan fingerprint density at radius 2 is 1.10 bits per heavy atom. The third-order valence-corrected chi connectivity index (χ3v) is 15.4. The molecule has 9 aromatic rings. The molecule has 0 atom stereocenters. The summed E-state index contributed by atoms with van der Waals surface area (Å²) >= 11 is 0. The highest BCUT2D eigenvalue weighted by Crippen LogP contribution is 2.49. The van der Waals surface area contributed by atoms with Crippen LogP contribution in [0, 0.1) is 17.7 Å². The fourth-order valence-electron chi connectivity index (χ4n) is 11.6. The van der Waals surface area contributed by atoms with Crippen molar-refractivity contribution in [2.45, 2.75) is 159 Å². The van der Waals surface area contributed by atoms with E-state index in [4.69, 9.17) is 18.2 Å². The van der Waals surface area contributed by atoms with Gasteiger partial charge in [-0.3, -0.25) is 9.55 Å². The van der Waals surface area contributed by atoms with Crippen molar-refractivity contribution in [3.8, 4) is 78.6 Å². The van der Waals surface area contributed by atoms with Gasteiger partial charge in [0.1, 0.15) is 11.6 Å². The first kappa shape index (κ1) is 45.9. The van der Waals surface area contributed by atoms with Crippen LogP contribution in [0.3, 0.4) is 0 Å². The van der Waals surface area contributed by atoms with Gasteiger partial charge in [-0.25, -0.2) is 4.98 Å². The van der Waals surface area contributed by atoms with Crippen molar-refractivity contribution in [1.29, 1.82) is 0 Å². The molecule has 0 aliphatic carbocycles. The smallest absolute Gasteiger partial charge is 0.149 e. The first-order chi connectivity index (χ1) is 39.6. The molecule has 0 bridgehead atoms. The molecule has 2 heterocycles. The number of rotatable bonds is 8. The van der Waals surface area contributed by atoms with E-state index >= 15 is 0 Å². The van der Waals surface area contributed by atoms with Crippen LogP contribution >= 0.6 is 0 Å². The number of aromatic hydroxyl groups is 1. The summed E-state index contributed by atoms with van der Waals surface area (Å²) in [5, 5.41) is 12.7. The van der Waals surface area contributed by atoms with Crippen LogP contribution < -0.4 is 0 Å². The number of imidazole rings is 1. The molecule has 0 aliphatic heterocycles. The summed E-state index contributed by atoms with van der Waals surface area (Å²) in [4.78, 5) is 10.6. The highest BCUT2D eigenvalue weighted by molar-refractivity contribution is 5.98. The lowest BCUT2D eigenvalue weighted by Crippen LogP contribution is -2.30. The van der Waals surface area contributed by atoms with Gasteiger partial charge in [-0.1, -0.05) is 228 Å². The fraction of sp³-hybridized carbons (Fsp3) is 0.351. The number of phenols is 1. The van der Waals surface area contributed by atoms with Crippen molar-refractivity contribution in [2.75, 3.05) is 0 Å². The van der Waals surface area contributed by atoms with Crippen LogP contribution in [0.15, 0.2) is 158 Å². The summed E-state index contributed by atoms with van der Waals surface area (Å²) in [5.74, 6) is 0.629. The molecular formula is C74H85N3O. The predicted molar refractivity (Wildman–Crippen MR) is 334 cm³/mol. The van der Waals surface area contributed by atoms with E-state index in [-0.39, 0.29) is 56.4 Å². The molecule has 0 fully saturated rings. The molecule has 78 heavy (non-hydrogen) atoms. The average Bonchev–Trinajstić information content (AvgIpc) is 1.50. The van der Waals surface area contributed by atoms with Crippen LogP contribution in [0.25, 0.3) is 83.9 Å². The van der Waals surface area contributed by atoms with Gasteiger partial charge in [0, 0.05) is 32.6 Å². The van der Waals surface area contributed by atoms with Gasteiger partial charge in [0.05, 0.1) is 34.8 Å². The Bertz CT molecular complexity index is 4060. The molecule has 0 aliphatic rings. The highest BCUT2D eigenvalue weighted by Gasteiger charge is 2.36. The Labute approximate surface area is 479 Å². The number of fused-ring (bicyclic) bond motifs is 1. The number of aryl methyl sites for hydroxylation is 1. The van der Waals surface area contributed by atoms with Crippen molar-refractivity contribution in [2.24, 2.45) is 10.8 Å². The maximum atomic E-state index is 12.7. The Balaban J connectivity index is 1.26. The minimum Gasteiger partial charge on any atom is -0.507 e. The van der Waals surface area contributed by atoms with E-state index in [1.54, 1.807) is 0 Å². The average molecular weight is 1040 g/mol. The van der Waals surface area contributed by atoms with E-state index < -0.39 is 30.4 Å². The quantitative estimate of drug-likeness (QED) is 0.165. The Hall–Kier alpha value is -7.04. The van der Waals surface area contributed by atoms with Crippen molar-refractivity contribution >= 4 is 11.0 Å². The lowest BCUT2D eigenvalue weighted by Gasteiger charge is -2.41. The summed E-state index contributed by atoms with van der Waals surface area (Å²) in [6, 6.07) is 38.8. The van der Waals surface area contributed by atoms with E-state index in [0.29, 0.717) is 44.8 Å². The van der Waals surface area contributed by atoms with E-state index in [9.17, 15) is 7.85 Å². The van der Waals surface area contributed by atoms with Gasteiger partial charge in [0.2, 0.25) is 0 Å². The molecule has 1 N–H and O–H groups in total. The van der Waals surface area contributed by atoms with Gasteiger partial charge in [-0.05, 0) is 155 Å². The number of benzene rings is 7. The van der Waals surface area contributed by atoms with E-state index in [1.807, 2.05) is 89.6 Å². The first-order valence-corrected chi connectivity index (χ1v) is 27.6. The molecule has 4 heteroatoms. The zero-order valence-corrected chi connectivity index (χ0v) is 49.5. The zero-order valence-electron chi connectivity index (χ0n) is 57.5. The van der Waals surface area contributed by atoms with Crippen LogP contribution in [-0.2, 0) is 21.7 Å². The van der Waals surface area contributed by atoms with Crippen molar-refractivity contribution in [3.05, 3.63) is 191 Å². The molecule has 0 radical (unpaired) electrons. The normalized spacial score (nSPS) is 14.6. The maximum absolute atomic E-state index is 12.7. The summed E-state index contributed by atoms with van der Waals surface area (Å²) in [5.41, 5.74) is 13.0. The second-order valence-corrected chi connectivity index (χ2v) is 27.9. The molecule has 0 saturated carbocycles. The SMILES string of the molecule is [2H]c1c([2H])c([2H])c(-c2cc(C(C)(C)C)ccc2-n2c(-c3cc(C(C)(C)C)cc(C(C)(C)C)c3O)nc3c(-c4cc(-c5cc(-c6ccc(-c7ccc(C(C(C)(C)C)C(C)(C)C)cc7C([2H])([2H])[2H])cc6)ccn5)cc(C(C)(C)C)c4)cccc32)c([2H])c1[2H]. The molecule has 0 saturated heterocycles. The van der Waals surface area contributed by atoms with Crippen LogP contribution in [0.4, 0.5) is 0 Å². The lowest BCUT2D eigenvalue weighted by atomic mass is 9.63. The first-order valence-electron chi connectivity index (χ1n) is 31.6. The van der Waals surface area contributed by atoms with Gasteiger partial charge in [-0.15, -0.1) is 0 Å². The second-order valence-electron chi connectivity index (χ2n) is 27.9. The van der Waals surface area contributed by atoms with Gasteiger partial charge in [0.15, 0.2) is 0 Å². The predicted octanol–water partition coefficient (Wildman–Crippen LogP) is 20.8. The van der Waals surface area contributed by atoms with Crippen LogP contribution in [0.5, 0.6) is 5.75 Å². The fourth-order valence-corrected chi connectivity index (χ4v) is 11.6. The molecule has 0 spiro atoms. The van der Waals surface area contributed by atoms with E-state index in [0.717, 1.165) is 66.9 Å². The largest absolute Gasteiger partial charge is 0.507 e. The minimum atomic E-state index is -2.32. The third-order valence-electron chi connectivity index (χ3n) is 15.4. The summed E-state index contributed by atoms with van der Waals surface area (Å²) in [6.07, 6.45) is 1.82. The molecule has 4 nitrogen and oxygen atoms in total. The second kappa shape index (κ2) is 20.0. The number of para-hydroxylation sites is 1. The number of pyridine rings is 1. The van der Waals surface area contributed by atoms with E-state index in [2.05, 4.69) is 167 Å². The number of nitrogens with zero attached hydrogens (tertiary/aromatic N) is 3. The van der Waals surface area contributed by atoms with Crippen molar-refractivity contribution < 1.29 is 16.1 Å². The van der Waals surface area contributed by atoms with E-state index in [1.165, 1.54) is 0 Å². The lowest BCUT2D eigenvalue weighted by molar-refractivity contribution is 0.176. The van der Waals surface area contributed by atoms with Gasteiger partial charge in [-0.2, -0.15) is 0 Å². The van der Waals surface area contributed by atoms with Crippen LogP contribution in [-0.4, -0.2) is 19.6 Å². The number of hydrogen-bond acceptors (Lipinski definition) is 3. The number of aromatic nitrogens is 3. The summed E-state index contributed by atoms with van der Waals surface area (Å²) in [6.45, 7) is 36.5. The van der Waals surface area contributed by atoms with Gasteiger partial charge in [0.25, 0.3) is 0 Å². The standard InChI is InChI=1S/C74H85N3O/c1-46-38-51(67(73(14,15)16)74(17,18)19)32-34-57(46)49-30-28-47(29-31-49)50-36-37-75-62(42-50)53-39-52(40-55(41-53)70(5,6)7)58-26-23-27-64-65(58)76-68(60-44-56(71(8,9)10)45-61(66(60)78)72(11,12)13)77(64)63-35-33-54(69(2,3)4)43-59(63)48-24-21-20-22-25-48/h20-45,67,78H,1-19H3/i1D3,20D,21D,22D,24D,25D. The molecule has 9 rings (SSSR count). The zero-order chi connectivity index (χ0) is 63.5. The summed E-state index contributed by atoms with van der Waals surface area (Å²) < 4.78 is 73.0. The third kappa shape index (κ3) is 11.2. The Kier molecular flexibility index (Phi) is 11.8. The Morgan fingerprint density at radius 1 is 0.487 bits per heavy atom. The molecule has 2 aromatic heterocycles. The molecular weight excluding hydrogens is 947 g/mol. The monoisotopic (exact) mass is 1040 g/mol.